The zero-order valence-electron chi connectivity index (χ0n) is 12.0. The Morgan fingerprint density at radius 2 is 1.70 bits per heavy atom. The molecule has 0 radical (unpaired) electrons. The van der Waals surface area contributed by atoms with Crippen LogP contribution in [0.1, 0.15) is 13.3 Å². The Kier molecular flexibility index (Phi) is 7.75. The summed E-state index contributed by atoms with van der Waals surface area (Å²) < 4.78 is 34.4. The molecule has 0 aliphatic carbocycles. The Morgan fingerprint density at radius 3 is 2.40 bits per heavy atom. The van der Waals surface area contributed by atoms with Gasteiger partial charge in [0.2, 0.25) is 0 Å². The highest BCUT2D eigenvalue weighted by atomic mass is 19.1. The minimum atomic E-state index is -0.486. The summed E-state index contributed by atoms with van der Waals surface area (Å²) in [5.41, 5.74) is 5.94. The Bertz CT molecular complexity index is 401. The van der Waals surface area contributed by atoms with Gasteiger partial charge in [0.05, 0.1) is 32.1 Å². The molecule has 0 fully saturated rings. The lowest BCUT2D eigenvalue weighted by molar-refractivity contribution is 0.0545. The second kappa shape index (κ2) is 9.39. The van der Waals surface area contributed by atoms with Gasteiger partial charge in [0.1, 0.15) is 12.4 Å². The number of nitrogens with two attached hydrogens (primary N) is 1. The number of nitrogen functional groups attached to an aromatic ring is 1. The van der Waals surface area contributed by atoms with Crippen LogP contribution in [0.5, 0.6) is 11.5 Å². The average Bonchev–Trinajstić information content (AvgIpc) is 2.43. The van der Waals surface area contributed by atoms with Gasteiger partial charge in [-0.25, -0.2) is 4.39 Å². The summed E-state index contributed by atoms with van der Waals surface area (Å²) in [6.45, 7) is 4.17. The highest BCUT2D eigenvalue weighted by Crippen LogP contribution is 2.30. The van der Waals surface area contributed by atoms with Gasteiger partial charge in [-0.3, -0.25) is 0 Å². The van der Waals surface area contributed by atoms with Crippen LogP contribution in [0.4, 0.5) is 10.1 Å². The van der Waals surface area contributed by atoms with E-state index in [1.54, 1.807) is 7.11 Å². The summed E-state index contributed by atoms with van der Waals surface area (Å²) in [6.07, 6.45) is 0.799. The number of hydrogen-bond acceptors (Lipinski definition) is 5. The van der Waals surface area contributed by atoms with Gasteiger partial charge in [-0.05, 0) is 6.42 Å². The van der Waals surface area contributed by atoms with Crippen molar-refractivity contribution in [3.05, 3.63) is 17.9 Å². The smallest absolute Gasteiger partial charge is 0.167 e. The molecule has 0 heterocycles. The average molecular weight is 287 g/mol. The molecule has 0 atom stereocenters. The topological polar surface area (TPSA) is 62.9 Å². The van der Waals surface area contributed by atoms with Crippen molar-refractivity contribution in [3.63, 3.8) is 0 Å². The molecule has 2 N–H and O–H groups in total. The van der Waals surface area contributed by atoms with Gasteiger partial charge in [0.25, 0.3) is 0 Å². The van der Waals surface area contributed by atoms with E-state index >= 15 is 0 Å². The van der Waals surface area contributed by atoms with Crippen molar-refractivity contribution in [1.82, 2.24) is 0 Å². The number of benzene rings is 1. The van der Waals surface area contributed by atoms with E-state index in [1.165, 1.54) is 12.1 Å². The van der Waals surface area contributed by atoms with E-state index < -0.39 is 5.82 Å². The molecule has 1 aromatic rings. The molecule has 0 amide bonds. The zero-order valence-corrected chi connectivity index (χ0v) is 12.0. The largest absolute Gasteiger partial charge is 0.490 e. The van der Waals surface area contributed by atoms with E-state index in [-0.39, 0.29) is 11.4 Å². The molecule has 0 spiro atoms. The van der Waals surface area contributed by atoms with Crippen molar-refractivity contribution in [3.8, 4) is 11.5 Å². The van der Waals surface area contributed by atoms with E-state index in [1.807, 2.05) is 6.92 Å². The van der Waals surface area contributed by atoms with Crippen LogP contribution in [0.15, 0.2) is 12.1 Å². The van der Waals surface area contributed by atoms with Crippen LogP contribution in [0.2, 0.25) is 0 Å². The fraction of sp³-hybridized carbons (Fsp3) is 0.571. The second-order valence-electron chi connectivity index (χ2n) is 4.12. The molecule has 0 unspecified atom stereocenters. The van der Waals surface area contributed by atoms with E-state index in [9.17, 15) is 4.39 Å². The van der Waals surface area contributed by atoms with Crippen LogP contribution in [-0.4, -0.2) is 40.1 Å². The third-order valence-corrected chi connectivity index (χ3v) is 2.44. The third kappa shape index (κ3) is 5.63. The van der Waals surface area contributed by atoms with Gasteiger partial charge in [-0.2, -0.15) is 0 Å². The maximum Gasteiger partial charge on any atom is 0.167 e. The van der Waals surface area contributed by atoms with Crippen LogP contribution in [-0.2, 0) is 9.47 Å². The number of methoxy groups -OCH3 is 1. The predicted octanol–water partition coefficient (Wildman–Crippen LogP) is 2.24. The van der Waals surface area contributed by atoms with E-state index in [0.717, 1.165) is 6.42 Å². The summed E-state index contributed by atoms with van der Waals surface area (Å²) >= 11 is 0. The molecule has 114 valence electrons. The number of ether oxygens (including phenoxy) is 4. The van der Waals surface area contributed by atoms with E-state index in [4.69, 9.17) is 24.7 Å². The molecule has 0 saturated carbocycles. The molecule has 1 aromatic carbocycles. The van der Waals surface area contributed by atoms with Gasteiger partial charge >= 0.3 is 0 Å². The standard InChI is InChI=1S/C14H22FNO4/c1-3-4-19-13-10-14(12(16)9-11(13)15)20-8-7-18-6-5-17-2/h9-10H,3-8,16H2,1-2H3. The monoisotopic (exact) mass is 287 g/mol. The van der Waals surface area contributed by atoms with Crippen LogP contribution in [0.25, 0.3) is 0 Å². The van der Waals surface area contributed by atoms with Gasteiger partial charge in [0.15, 0.2) is 11.6 Å². The van der Waals surface area contributed by atoms with Crippen LogP contribution < -0.4 is 15.2 Å². The lowest BCUT2D eigenvalue weighted by Gasteiger charge is -2.12. The molecule has 20 heavy (non-hydrogen) atoms. The van der Waals surface area contributed by atoms with E-state index in [2.05, 4.69) is 0 Å². The first-order valence-electron chi connectivity index (χ1n) is 6.60. The highest BCUT2D eigenvalue weighted by molar-refractivity contribution is 5.56. The summed E-state index contributed by atoms with van der Waals surface area (Å²) in [7, 11) is 1.61. The van der Waals surface area contributed by atoms with Crippen LogP contribution >= 0.6 is 0 Å². The minimum Gasteiger partial charge on any atom is -0.490 e. The van der Waals surface area contributed by atoms with Crippen molar-refractivity contribution >= 4 is 5.69 Å². The molecule has 0 bridgehead atoms. The van der Waals surface area contributed by atoms with Gasteiger partial charge in [-0.15, -0.1) is 0 Å². The number of halogens is 1. The Morgan fingerprint density at radius 1 is 1.00 bits per heavy atom. The van der Waals surface area contributed by atoms with Crippen molar-refractivity contribution in [2.75, 3.05) is 45.9 Å². The lowest BCUT2D eigenvalue weighted by atomic mass is 10.2. The summed E-state index contributed by atoms with van der Waals surface area (Å²) in [6, 6.07) is 2.67. The molecule has 0 aliphatic heterocycles. The Hall–Kier alpha value is -1.53. The normalized spacial score (nSPS) is 10.6. The first-order chi connectivity index (χ1) is 9.69. The summed E-state index contributed by atoms with van der Waals surface area (Å²) in [4.78, 5) is 0. The number of rotatable bonds is 10. The van der Waals surface area contributed by atoms with Crippen molar-refractivity contribution in [2.45, 2.75) is 13.3 Å². The predicted molar refractivity (Wildman–Crippen MR) is 74.8 cm³/mol. The van der Waals surface area contributed by atoms with Gasteiger partial charge in [-0.1, -0.05) is 6.92 Å². The van der Waals surface area contributed by atoms with Gasteiger partial charge < -0.3 is 24.7 Å². The molecule has 0 aliphatic rings. The fourth-order valence-electron chi connectivity index (χ4n) is 1.45. The maximum atomic E-state index is 13.6. The highest BCUT2D eigenvalue weighted by Gasteiger charge is 2.10. The molecule has 0 aromatic heterocycles. The second-order valence-corrected chi connectivity index (χ2v) is 4.12. The molecule has 1 rings (SSSR count). The first-order valence-corrected chi connectivity index (χ1v) is 6.60. The zero-order chi connectivity index (χ0) is 14.8. The summed E-state index contributed by atoms with van der Waals surface area (Å²) in [5.74, 6) is 0.0591. The third-order valence-electron chi connectivity index (χ3n) is 2.44. The van der Waals surface area contributed by atoms with Crippen molar-refractivity contribution in [2.24, 2.45) is 0 Å². The van der Waals surface area contributed by atoms with Crippen LogP contribution in [0.3, 0.4) is 0 Å². The number of hydrogen-bond donors (Lipinski definition) is 1. The Balaban J connectivity index is 2.47. The molecular weight excluding hydrogens is 265 g/mol. The summed E-state index contributed by atoms with van der Waals surface area (Å²) in [5, 5.41) is 0. The SMILES string of the molecule is CCCOc1cc(OCCOCCOC)c(N)cc1F. The lowest BCUT2D eigenvalue weighted by Crippen LogP contribution is -2.11. The van der Waals surface area contributed by atoms with Crippen molar-refractivity contribution in [1.29, 1.82) is 0 Å². The molecule has 6 heteroatoms. The van der Waals surface area contributed by atoms with Gasteiger partial charge in [0, 0.05) is 19.2 Å². The van der Waals surface area contributed by atoms with Crippen molar-refractivity contribution < 1.29 is 23.3 Å². The fourth-order valence-corrected chi connectivity index (χ4v) is 1.45. The van der Waals surface area contributed by atoms with Crippen LogP contribution in [0, 0.1) is 5.82 Å². The minimum absolute atomic E-state index is 0.149. The first kappa shape index (κ1) is 16.5. The van der Waals surface area contributed by atoms with E-state index in [0.29, 0.717) is 38.8 Å². The molecule has 0 saturated heterocycles. The maximum absolute atomic E-state index is 13.6. The molecule has 5 nitrogen and oxygen atoms in total. The number of anilines is 1. The quantitative estimate of drug-likeness (QED) is 0.528. The molecular formula is C14H22FNO4. The Labute approximate surface area is 118 Å².